The molecular formula is C19H23N5O3S2. The SMILES string of the molecule is CCCn1c(=O)c2sc(N3CCCC3)nc2n(CC(=O)NCc2cccs2)c1=O. The minimum absolute atomic E-state index is 0.159. The lowest BCUT2D eigenvalue weighted by Gasteiger charge is -2.12. The first-order valence-electron chi connectivity index (χ1n) is 9.76. The molecule has 0 unspecified atom stereocenters. The Balaban J connectivity index is 1.70. The number of hydrogen-bond donors (Lipinski definition) is 1. The lowest BCUT2D eigenvalue weighted by Crippen LogP contribution is -2.42. The molecule has 1 fully saturated rings. The van der Waals surface area contributed by atoms with Crippen LogP contribution < -0.4 is 21.5 Å². The van der Waals surface area contributed by atoms with E-state index in [0.29, 0.717) is 29.9 Å². The third-order valence-corrected chi connectivity index (χ3v) is 6.89. The molecule has 0 aliphatic carbocycles. The molecule has 0 atom stereocenters. The second-order valence-corrected chi connectivity index (χ2v) is 9.03. The van der Waals surface area contributed by atoms with Gasteiger partial charge < -0.3 is 10.2 Å². The summed E-state index contributed by atoms with van der Waals surface area (Å²) in [5.74, 6) is -0.279. The fourth-order valence-corrected chi connectivity index (χ4v) is 5.19. The van der Waals surface area contributed by atoms with Crippen molar-refractivity contribution in [1.29, 1.82) is 0 Å². The lowest BCUT2D eigenvalue weighted by molar-refractivity contribution is -0.121. The van der Waals surface area contributed by atoms with E-state index in [0.717, 1.165) is 35.9 Å². The summed E-state index contributed by atoms with van der Waals surface area (Å²) in [5.41, 5.74) is -0.482. The smallest absolute Gasteiger partial charge is 0.333 e. The molecule has 4 heterocycles. The van der Waals surface area contributed by atoms with E-state index >= 15 is 0 Å². The van der Waals surface area contributed by atoms with Crippen LogP contribution in [0.25, 0.3) is 10.3 Å². The highest BCUT2D eigenvalue weighted by Crippen LogP contribution is 2.28. The average Bonchev–Trinajstić information content (AvgIpc) is 3.47. The second kappa shape index (κ2) is 8.50. The van der Waals surface area contributed by atoms with Crippen LogP contribution in [0.2, 0.25) is 0 Å². The molecule has 8 nitrogen and oxygen atoms in total. The number of rotatable bonds is 7. The van der Waals surface area contributed by atoms with Crippen molar-refractivity contribution in [3.8, 4) is 0 Å². The summed E-state index contributed by atoms with van der Waals surface area (Å²) in [6.45, 7) is 4.29. The van der Waals surface area contributed by atoms with Crippen molar-refractivity contribution in [2.45, 2.75) is 45.8 Å². The van der Waals surface area contributed by atoms with Crippen molar-refractivity contribution in [1.82, 2.24) is 19.4 Å². The van der Waals surface area contributed by atoms with Gasteiger partial charge in [-0.15, -0.1) is 11.3 Å². The monoisotopic (exact) mass is 433 g/mol. The number of fused-ring (bicyclic) bond motifs is 1. The van der Waals surface area contributed by atoms with E-state index in [1.807, 2.05) is 24.4 Å². The van der Waals surface area contributed by atoms with Crippen LogP contribution >= 0.6 is 22.7 Å². The molecule has 1 aliphatic heterocycles. The van der Waals surface area contributed by atoms with E-state index in [1.54, 1.807) is 11.3 Å². The van der Waals surface area contributed by atoms with E-state index in [2.05, 4.69) is 15.2 Å². The van der Waals surface area contributed by atoms with Gasteiger partial charge in [0.1, 0.15) is 11.2 Å². The number of thiazole rings is 1. The molecule has 3 aromatic heterocycles. The Morgan fingerprint density at radius 2 is 2.03 bits per heavy atom. The first-order chi connectivity index (χ1) is 14.1. The van der Waals surface area contributed by atoms with Crippen molar-refractivity contribution in [3.05, 3.63) is 43.2 Å². The van der Waals surface area contributed by atoms with Crippen molar-refractivity contribution in [2.24, 2.45) is 0 Å². The zero-order chi connectivity index (χ0) is 20.4. The molecule has 3 aromatic rings. The predicted molar refractivity (Wildman–Crippen MR) is 116 cm³/mol. The topological polar surface area (TPSA) is 89.2 Å². The van der Waals surface area contributed by atoms with E-state index in [-0.39, 0.29) is 18.0 Å². The first kappa shape index (κ1) is 19.8. The number of hydrogen-bond acceptors (Lipinski definition) is 7. The Morgan fingerprint density at radius 1 is 1.24 bits per heavy atom. The van der Waals surface area contributed by atoms with E-state index < -0.39 is 5.69 Å². The summed E-state index contributed by atoms with van der Waals surface area (Å²) >= 11 is 2.87. The highest BCUT2D eigenvalue weighted by Gasteiger charge is 2.22. The minimum atomic E-state index is -0.478. The van der Waals surface area contributed by atoms with Gasteiger partial charge in [-0.1, -0.05) is 24.3 Å². The molecule has 0 saturated carbocycles. The Labute approximate surface area is 175 Å². The zero-order valence-corrected chi connectivity index (χ0v) is 17.9. The van der Waals surface area contributed by atoms with E-state index in [4.69, 9.17) is 0 Å². The average molecular weight is 434 g/mol. The second-order valence-electron chi connectivity index (χ2n) is 7.02. The Morgan fingerprint density at radius 3 is 2.72 bits per heavy atom. The Bertz CT molecular complexity index is 1120. The van der Waals surface area contributed by atoms with Crippen LogP contribution in [0.4, 0.5) is 5.13 Å². The molecule has 29 heavy (non-hydrogen) atoms. The molecule has 1 saturated heterocycles. The van der Waals surface area contributed by atoms with Gasteiger partial charge in [0.15, 0.2) is 10.8 Å². The standard InChI is InChI=1S/C19H23N5O3S2/c1-2-7-23-17(26)15-16(21-18(29-15)22-8-3-4-9-22)24(19(23)27)12-14(25)20-11-13-6-5-10-28-13/h5-6,10H,2-4,7-9,11-12H2,1H3,(H,20,25). The van der Waals surface area contributed by atoms with Gasteiger partial charge in [-0.25, -0.2) is 9.78 Å². The number of carbonyl (C=O) groups is 1. The van der Waals surface area contributed by atoms with Gasteiger partial charge in [0.25, 0.3) is 5.56 Å². The molecule has 1 amide bonds. The third-order valence-electron chi connectivity index (χ3n) is 4.92. The van der Waals surface area contributed by atoms with Gasteiger partial charge in [-0.3, -0.25) is 18.7 Å². The van der Waals surface area contributed by atoms with Crippen molar-refractivity contribution in [3.63, 3.8) is 0 Å². The number of aromatic nitrogens is 3. The Hall–Kier alpha value is -2.46. The molecule has 0 spiro atoms. The van der Waals surface area contributed by atoms with Crippen LogP contribution in [0.1, 0.15) is 31.1 Å². The minimum Gasteiger partial charge on any atom is -0.350 e. The maximum atomic E-state index is 13.0. The van der Waals surface area contributed by atoms with Crippen LogP contribution in [0.3, 0.4) is 0 Å². The summed E-state index contributed by atoms with van der Waals surface area (Å²) in [6.07, 6.45) is 2.84. The first-order valence-corrected chi connectivity index (χ1v) is 11.5. The van der Waals surface area contributed by atoms with E-state index in [9.17, 15) is 14.4 Å². The Kier molecular flexibility index (Phi) is 5.81. The van der Waals surface area contributed by atoms with Gasteiger partial charge in [-0.2, -0.15) is 0 Å². The molecule has 10 heteroatoms. The van der Waals surface area contributed by atoms with Gasteiger partial charge in [0.05, 0.1) is 6.54 Å². The normalized spacial score (nSPS) is 14.0. The number of carbonyl (C=O) groups excluding carboxylic acids is 1. The number of nitrogens with one attached hydrogen (secondary N) is 1. The number of anilines is 1. The summed E-state index contributed by atoms with van der Waals surface area (Å²) < 4.78 is 3.00. The van der Waals surface area contributed by atoms with Crippen LogP contribution in [-0.4, -0.2) is 33.1 Å². The van der Waals surface area contributed by atoms with Crippen molar-refractivity contribution in [2.75, 3.05) is 18.0 Å². The molecular weight excluding hydrogens is 410 g/mol. The summed E-state index contributed by atoms with van der Waals surface area (Å²) in [4.78, 5) is 46.2. The van der Waals surface area contributed by atoms with Crippen molar-refractivity contribution < 1.29 is 4.79 Å². The highest BCUT2D eigenvalue weighted by atomic mass is 32.1. The summed E-state index contributed by atoms with van der Waals surface area (Å²) in [6, 6.07) is 3.87. The molecule has 154 valence electrons. The summed E-state index contributed by atoms with van der Waals surface area (Å²) in [7, 11) is 0. The number of thiophene rings is 1. The fraction of sp³-hybridized carbons (Fsp3) is 0.474. The number of amides is 1. The van der Waals surface area contributed by atoms with Crippen LogP contribution in [0, 0.1) is 0 Å². The van der Waals surface area contributed by atoms with Gasteiger partial charge in [0, 0.05) is 24.5 Å². The highest BCUT2D eigenvalue weighted by molar-refractivity contribution is 7.22. The maximum Gasteiger partial charge on any atom is 0.333 e. The van der Waals surface area contributed by atoms with Crippen molar-refractivity contribution >= 4 is 44.1 Å². The quantitative estimate of drug-likeness (QED) is 0.616. The van der Waals surface area contributed by atoms with Crippen LogP contribution in [0.15, 0.2) is 27.1 Å². The molecule has 0 bridgehead atoms. The van der Waals surface area contributed by atoms with Gasteiger partial charge in [0.2, 0.25) is 5.91 Å². The molecule has 1 N–H and O–H groups in total. The maximum absolute atomic E-state index is 13.0. The fourth-order valence-electron chi connectivity index (χ4n) is 3.47. The molecule has 0 radical (unpaired) electrons. The van der Waals surface area contributed by atoms with Gasteiger partial charge in [-0.05, 0) is 30.7 Å². The molecule has 1 aliphatic rings. The molecule has 4 rings (SSSR count). The largest absolute Gasteiger partial charge is 0.350 e. The van der Waals surface area contributed by atoms with Crippen LogP contribution in [-0.2, 0) is 24.4 Å². The van der Waals surface area contributed by atoms with Gasteiger partial charge >= 0.3 is 5.69 Å². The number of nitrogens with zero attached hydrogens (tertiary/aromatic N) is 4. The van der Waals surface area contributed by atoms with Crippen LogP contribution in [0.5, 0.6) is 0 Å². The zero-order valence-electron chi connectivity index (χ0n) is 16.2. The predicted octanol–water partition coefficient (Wildman–Crippen LogP) is 2.01. The van der Waals surface area contributed by atoms with E-state index in [1.165, 1.54) is 20.5 Å². The molecule has 0 aromatic carbocycles. The summed E-state index contributed by atoms with van der Waals surface area (Å²) in [5, 5.41) is 5.54. The third kappa shape index (κ3) is 3.99. The lowest BCUT2D eigenvalue weighted by atomic mass is 10.4.